The van der Waals surface area contributed by atoms with E-state index in [4.69, 9.17) is 5.73 Å². The van der Waals surface area contributed by atoms with Crippen LogP contribution in [0.15, 0.2) is 75.3 Å². The minimum Gasteiger partial charge on any atom is -0.383 e. The number of aromatic nitrogens is 1. The molecule has 162 valence electrons. The lowest BCUT2D eigenvalue weighted by molar-refractivity contribution is -0.117. The van der Waals surface area contributed by atoms with Crippen molar-refractivity contribution in [2.75, 3.05) is 34.2 Å². The summed E-state index contributed by atoms with van der Waals surface area (Å²) in [6.45, 7) is 1.46. The summed E-state index contributed by atoms with van der Waals surface area (Å²) >= 11 is 0. The Morgan fingerprint density at radius 1 is 1.29 bits per heavy atom. The smallest absolute Gasteiger partial charge is 0.247 e. The molecule has 0 atom stereocenters. The van der Waals surface area contributed by atoms with Crippen molar-refractivity contribution in [2.45, 2.75) is 12.8 Å². The van der Waals surface area contributed by atoms with E-state index >= 15 is 0 Å². The van der Waals surface area contributed by atoms with Gasteiger partial charge in [-0.05, 0) is 44.6 Å². The molecular formula is C23H29N7O. The van der Waals surface area contributed by atoms with Gasteiger partial charge in [0.2, 0.25) is 5.91 Å². The Labute approximate surface area is 183 Å². The summed E-state index contributed by atoms with van der Waals surface area (Å²) in [5.74, 6) is 0.958. The topological polar surface area (TPSA) is 108 Å². The third-order valence-electron chi connectivity index (χ3n) is 5.01. The molecule has 0 aromatic carbocycles. The lowest BCUT2D eigenvalue weighted by atomic mass is 9.93. The van der Waals surface area contributed by atoms with Crippen LogP contribution in [-0.2, 0) is 4.79 Å². The van der Waals surface area contributed by atoms with Crippen LogP contribution < -0.4 is 16.4 Å². The average Bonchev–Trinajstić information content (AvgIpc) is 2.80. The van der Waals surface area contributed by atoms with Crippen molar-refractivity contribution in [3.05, 3.63) is 71.0 Å². The molecule has 1 aromatic rings. The summed E-state index contributed by atoms with van der Waals surface area (Å²) in [4.78, 5) is 27.4. The van der Waals surface area contributed by atoms with Crippen LogP contribution in [0.1, 0.15) is 18.5 Å². The number of hydrogen-bond donors (Lipinski definition) is 3. The Hall–Kier alpha value is -3.52. The summed E-state index contributed by atoms with van der Waals surface area (Å²) < 4.78 is 0. The Morgan fingerprint density at radius 2 is 2.13 bits per heavy atom. The molecule has 0 saturated carbocycles. The number of amides is 1. The van der Waals surface area contributed by atoms with Crippen LogP contribution in [0.5, 0.6) is 0 Å². The number of carbonyl (C=O) groups is 1. The second-order valence-corrected chi connectivity index (χ2v) is 7.49. The largest absolute Gasteiger partial charge is 0.383 e. The van der Waals surface area contributed by atoms with Crippen LogP contribution in [0, 0.1) is 0 Å². The molecule has 8 heteroatoms. The highest BCUT2D eigenvalue weighted by Crippen LogP contribution is 2.26. The number of nitrogens with one attached hydrogen (secondary N) is 2. The summed E-state index contributed by atoms with van der Waals surface area (Å²) in [6.07, 6.45) is 10.8. The average molecular weight is 420 g/mol. The molecule has 2 aliphatic rings. The van der Waals surface area contributed by atoms with Crippen LogP contribution in [0.3, 0.4) is 0 Å². The normalized spacial score (nSPS) is 18.1. The van der Waals surface area contributed by atoms with E-state index in [1.807, 2.05) is 55.5 Å². The zero-order valence-corrected chi connectivity index (χ0v) is 18.2. The van der Waals surface area contributed by atoms with Gasteiger partial charge in [0.25, 0.3) is 0 Å². The monoisotopic (exact) mass is 419 g/mol. The number of nitrogens with two attached hydrogens (primary N) is 1. The molecule has 2 heterocycles. The van der Waals surface area contributed by atoms with Gasteiger partial charge in [-0.3, -0.25) is 14.8 Å². The fourth-order valence-electron chi connectivity index (χ4n) is 3.24. The van der Waals surface area contributed by atoms with E-state index in [0.29, 0.717) is 35.9 Å². The van der Waals surface area contributed by atoms with Crippen LogP contribution in [-0.4, -0.2) is 62.1 Å². The molecule has 0 saturated heterocycles. The van der Waals surface area contributed by atoms with Gasteiger partial charge < -0.3 is 21.3 Å². The molecule has 0 radical (unpaired) electrons. The predicted molar refractivity (Wildman–Crippen MR) is 125 cm³/mol. The van der Waals surface area contributed by atoms with Crippen molar-refractivity contribution >= 4 is 23.5 Å². The number of pyridine rings is 1. The maximum atomic E-state index is 12.3. The van der Waals surface area contributed by atoms with E-state index in [1.54, 1.807) is 19.5 Å². The Balaban J connectivity index is 1.72. The first-order valence-electron chi connectivity index (χ1n) is 10.2. The van der Waals surface area contributed by atoms with E-state index < -0.39 is 0 Å². The third-order valence-corrected chi connectivity index (χ3v) is 5.01. The van der Waals surface area contributed by atoms with Gasteiger partial charge in [-0.15, -0.1) is 0 Å². The zero-order valence-electron chi connectivity index (χ0n) is 18.2. The van der Waals surface area contributed by atoms with Gasteiger partial charge in [0.05, 0.1) is 11.3 Å². The fourth-order valence-corrected chi connectivity index (χ4v) is 3.24. The van der Waals surface area contributed by atoms with E-state index in [0.717, 1.165) is 29.7 Å². The second-order valence-electron chi connectivity index (χ2n) is 7.49. The fraction of sp³-hybridized carbons (Fsp3) is 0.304. The maximum Gasteiger partial charge on any atom is 0.247 e. The lowest BCUT2D eigenvalue weighted by Crippen LogP contribution is -2.32. The van der Waals surface area contributed by atoms with Gasteiger partial charge in [0.1, 0.15) is 11.7 Å². The van der Waals surface area contributed by atoms with Crippen molar-refractivity contribution in [1.82, 2.24) is 20.5 Å². The van der Waals surface area contributed by atoms with Gasteiger partial charge in [-0.25, -0.2) is 4.99 Å². The Morgan fingerprint density at radius 3 is 2.71 bits per heavy atom. The summed E-state index contributed by atoms with van der Waals surface area (Å²) in [5.41, 5.74) is 10.4. The SMILES string of the molecule is C/N=C(N)\C(=C1\N=CC(C2=CC=C(C(=O)NCCN(C)C)CC2)=CN1)c1ccccn1. The lowest BCUT2D eigenvalue weighted by Gasteiger charge is -2.19. The Bertz CT molecular complexity index is 998. The molecule has 1 amide bonds. The van der Waals surface area contributed by atoms with E-state index in [1.165, 1.54) is 0 Å². The zero-order chi connectivity index (χ0) is 22.2. The summed E-state index contributed by atoms with van der Waals surface area (Å²) in [6, 6.07) is 5.62. The highest BCUT2D eigenvalue weighted by Gasteiger charge is 2.19. The first-order valence-corrected chi connectivity index (χ1v) is 10.2. The number of hydrogen-bond acceptors (Lipinski definition) is 6. The molecule has 0 spiro atoms. The number of nitrogens with zero attached hydrogens (tertiary/aromatic N) is 4. The number of allylic oxidation sites excluding steroid dienone is 4. The molecule has 0 fully saturated rings. The van der Waals surface area contributed by atoms with Gasteiger partial charge in [0.15, 0.2) is 0 Å². The minimum absolute atomic E-state index is 0.00103. The van der Waals surface area contributed by atoms with Gasteiger partial charge in [-0.1, -0.05) is 18.2 Å². The van der Waals surface area contributed by atoms with E-state index in [-0.39, 0.29) is 5.91 Å². The first kappa shape index (κ1) is 22.2. The molecule has 31 heavy (non-hydrogen) atoms. The molecular weight excluding hydrogens is 390 g/mol. The number of likely N-dealkylation sites (N-methyl/N-ethyl adjacent to an activating group) is 1. The van der Waals surface area contributed by atoms with Crippen LogP contribution in [0.4, 0.5) is 0 Å². The standard InChI is InChI=1S/C23H29N7O/c1-25-21(24)20(19-6-4-5-11-26-19)22-28-14-18(15-29-22)16-7-9-17(10-8-16)23(31)27-12-13-30(2)3/h4-7,9,11,14-15,28H,8,10,12-13H2,1-3H3,(H2,24,25)(H,27,31)/b22-20+. The van der Waals surface area contributed by atoms with Crippen LogP contribution >= 0.6 is 0 Å². The molecule has 1 aromatic heterocycles. The van der Waals surface area contributed by atoms with Crippen molar-refractivity contribution in [3.8, 4) is 0 Å². The molecule has 0 unspecified atom stereocenters. The minimum atomic E-state index is 0.00103. The number of amidine groups is 1. The molecule has 4 N–H and O–H groups in total. The number of aliphatic imine (C=N–C) groups is 2. The van der Waals surface area contributed by atoms with Gasteiger partial charge in [-0.2, -0.15) is 0 Å². The van der Waals surface area contributed by atoms with E-state index in [9.17, 15) is 4.79 Å². The second kappa shape index (κ2) is 10.5. The highest BCUT2D eigenvalue weighted by atomic mass is 16.1. The number of rotatable bonds is 7. The van der Waals surface area contributed by atoms with Gasteiger partial charge in [0, 0.05) is 49.9 Å². The predicted octanol–water partition coefficient (Wildman–Crippen LogP) is 1.62. The van der Waals surface area contributed by atoms with E-state index in [2.05, 4.69) is 25.6 Å². The van der Waals surface area contributed by atoms with Crippen molar-refractivity contribution < 1.29 is 4.79 Å². The quantitative estimate of drug-likeness (QED) is 0.460. The maximum absolute atomic E-state index is 12.3. The molecule has 1 aliphatic heterocycles. The van der Waals surface area contributed by atoms with Crippen LogP contribution in [0.25, 0.3) is 5.57 Å². The molecule has 0 bridgehead atoms. The molecule has 8 nitrogen and oxygen atoms in total. The number of carbonyl (C=O) groups excluding carboxylic acids is 1. The van der Waals surface area contributed by atoms with Gasteiger partial charge >= 0.3 is 0 Å². The third kappa shape index (κ3) is 5.76. The van der Waals surface area contributed by atoms with Crippen molar-refractivity contribution in [1.29, 1.82) is 0 Å². The van der Waals surface area contributed by atoms with Crippen LogP contribution in [0.2, 0.25) is 0 Å². The Kier molecular flexibility index (Phi) is 7.50. The van der Waals surface area contributed by atoms with Crippen molar-refractivity contribution in [3.63, 3.8) is 0 Å². The highest BCUT2D eigenvalue weighted by molar-refractivity contribution is 6.22. The summed E-state index contributed by atoms with van der Waals surface area (Å²) in [7, 11) is 5.61. The molecule has 3 rings (SSSR count). The van der Waals surface area contributed by atoms with Crippen molar-refractivity contribution in [2.24, 2.45) is 15.7 Å². The summed E-state index contributed by atoms with van der Waals surface area (Å²) in [5, 5.41) is 6.19. The first-order chi connectivity index (χ1) is 15.0. The molecule has 1 aliphatic carbocycles.